The Morgan fingerprint density at radius 1 is 0.897 bits per heavy atom. The lowest BCUT2D eigenvalue weighted by Gasteiger charge is -2.43. The highest BCUT2D eigenvalue weighted by Gasteiger charge is 2.48. The average Bonchev–Trinajstić information content (AvgIpc) is 3.10. The van der Waals surface area contributed by atoms with Crippen LogP contribution in [-0.2, 0) is 11.3 Å². The van der Waals surface area contributed by atoms with Gasteiger partial charge >= 0.3 is 6.09 Å². The van der Waals surface area contributed by atoms with Crippen molar-refractivity contribution in [2.45, 2.75) is 12.6 Å². The zero-order valence-corrected chi connectivity index (χ0v) is 16.0. The van der Waals surface area contributed by atoms with Gasteiger partial charge in [-0.15, -0.1) is 10.2 Å². The highest BCUT2D eigenvalue weighted by atomic mass is 16.6. The first-order valence-electron chi connectivity index (χ1n) is 9.89. The number of aromatic nitrogens is 2. The maximum Gasteiger partial charge on any atom is 0.410 e. The van der Waals surface area contributed by atoms with Crippen LogP contribution in [0.2, 0.25) is 0 Å². The van der Waals surface area contributed by atoms with Crippen LogP contribution in [0.4, 0.5) is 10.6 Å². The predicted molar refractivity (Wildman–Crippen MR) is 110 cm³/mol. The monoisotopic (exact) mass is 386 g/mol. The maximum absolute atomic E-state index is 12.4. The SMILES string of the molecule is O=C(OCc1ccccc1)N1C[C@@H]2CN(c3ccc(-c4ccccc4)nn3)[C@@H]2C1. The molecule has 6 heteroatoms. The van der Waals surface area contributed by atoms with E-state index in [1.165, 1.54) is 0 Å². The molecule has 3 heterocycles. The molecular weight excluding hydrogens is 364 g/mol. The van der Waals surface area contributed by atoms with Gasteiger partial charge in [-0.05, 0) is 17.7 Å². The van der Waals surface area contributed by atoms with Gasteiger partial charge in [-0.1, -0.05) is 60.7 Å². The molecule has 0 spiro atoms. The standard InChI is InChI=1S/C23H22N4O2/c28-23(29-16-17-7-3-1-4-8-17)26-13-19-14-27(21(19)15-26)22-12-11-20(24-25-22)18-9-5-2-6-10-18/h1-12,19,21H,13-16H2/t19-,21-/m1/s1. The second kappa shape index (κ2) is 7.54. The molecule has 0 aliphatic carbocycles. The highest BCUT2D eigenvalue weighted by Crippen LogP contribution is 2.36. The van der Waals surface area contributed by atoms with Crippen LogP contribution in [0.1, 0.15) is 5.56 Å². The summed E-state index contributed by atoms with van der Waals surface area (Å²) in [6.45, 7) is 2.61. The summed E-state index contributed by atoms with van der Waals surface area (Å²) < 4.78 is 5.48. The molecule has 2 aliphatic rings. The van der Waals surface area contributed by atoms with E-state index in [2.05, 4.69) is 15.1 Å². The number of ether oxygens (including phenoxy) is 1. The van der Waals surface area contributed by atoms with Gasteiger partial charge in [0, 0.05) is 31.1 Å². The first kappa shape index (κ1) is 17.7. The number of carbonyl (C=O) groups is 1. The lowest BCUT2D eigenvalue weighted by Crippen LogP contribution is -2.56. The van der Waals surface area contributed by atoms with E-state index in [0.29, 0.717) is 19.1 Å². The fourth-order valence-electron chi connectivity index (χ4n) is 4.10. The van der Waals surface area contributed by atoms with Crippen molar-refractivity contribution in [3.63, 3.8) is 0 Å². The maximum atomic E-state index is 12.4. The molecule has 146 valence electrons. The molecule has 3 aromatic rings. The second-order valence-corrected chi connectivity index (χ2v) is 7.57. The number of rotatable bonds is 4. The number of fused-ring (bicyclic) bond motifs is 1. The van der Waals surface area contributed by atoms with E-state index >= 15 is 0 Å². The van der Waals surface area contributed by atoms with E-state index in [1.807, 2.05) is 77.7 Å². The lowest BCUT2D eigenvalue weighted by atomic mass is 9.92. The average molecular weight is 386 g/mol. The van der Waals surface area contributed by atoms with Gasteiger partial charge < -0.3 is 14.5 Å². The van der Waals surface area contributed by atoms with Gasteiger partial charge in [0.2, 0.25) is 0 Å². The summed E-state index contributed by atoms with van der Waals surface area (Å²) in [5, 5.41) is 8.81. The van der Waals surface area contributed by atoms with Crippen molar-refractivity contribution in [1.29, 1.82) is 0 Å². The van der Waals surface area contributed by atoms with Gasteiger partial charge in [0.1, 0.15) is 6.61 Å². The molecule has 2 aliphatic heterocycles. The van der Waals surface area contributed by atoms with E-state index in [4.69, 9.17) is 4.74 Å². The quantitative estimate of drug-likeness (QED) is 0.686. The largest absolute Gasteiger partial charge is 0.445 e. The Balaban J connectivity index is 1.19. The van der Waals surface area contributed by atoms with Gasteiger partial charge in [0.05, 0.1) is 11.7 Å². The van der Waals surface area contributed by atoms with Crippen LogP contribution in [0.3, 0.4) is 0 Å². The van der Waals surface area contributed by atoms with Crippen molar-refractivity contribution in [2.24, 2.45) is 5.92 Å². The summed E-state index contributed by atoms with van der Waals surface area (Å²) in [5.41, 5.74) is 2.92. The third kappa shape index (κ3) is 3.53. The van der Waals surface area contributed by atoms with Gasteiger partial charge in [0.25, 0.3) is 0 Å². The van der Waals surface area contributed by atoms with Crippen molar-refractivity contribution in [1.82, 2.24) is 15.1 Å². The topological polar surface area (TPSA) is 58.6 Å². The molecule has 0 bridgehead atoms. The Hall–Kier alpha value is -3.41. The fraction of sp³-hybridized carbons (Fsp3) is 0.261. The van der Waals surface area contributed by atoms with Crippen LogP contribution in [-0.4, -0.2) is 46.9 Å². The van der Waals surface area contributed by atoms with Crippen molar-refractivity contribution < 1.29 is 9.53 Å². The third-order valence-electron chi connectivity index (χ3n) is 5.72. The van der Waals surface area contributed by atoms with E-state index < -0.39 is 0 Å². The molecule has 0 radical (unpaired) electrons. The van der Waals surface area contributed by atoms with Crippen LogP contribution in [0.15, 0.2) is 72.8 Å². The fourth-order valence-corrected chi connectivity index (χ4v) is 4.10. The number of nitrogens with zero attached hydrogens (tertiary/aromatic N) is 4. The zero-order valence-electron chi connectivity index (χ0n) is 16.0. The van der Waals surface area contributed by atoms with Crippen molar-refractivity contribution in [3.05, 3.63) is 78.4 Å². The van der Waals surface area contributed by atoms with E-state index in [9.17, 15) is 4.79 Å². The van der Waals surface area contributed by atoms with Crippen LogP contribution in [0.25, 0.3) is 11.3 Å². The second-order valence-electron chi connectivity index (χ2n) is 7.57. The number of benzene rings is 2. The Labute approximate surface area is 169 Å². The molecular formula is C23H22N4O2. The summed E-state index contributed by atoms with van der Waals surface area (Å²) >= 11 is 0. The van der Waals surface area contributed by atoms with Crippen LogP contribution >= 0.6 is 0 Å². The molecule has 2 saturated heterocycles. The molecule has 29 heavy (non-hydrogen) atoms. The Kier molecular flexibility index (Phi) is 4.60. The number of hydrogen-bond donors (Lipinski definition) is 0. The van der Waals surface area contributed by atoms with Gasteiger partial charge in [-0.25, -0.2) is 4.79 Å². The molecule has 5 rings (SSSR count). The van der Waals surface area contributed by atoms with E-state index in [1.54, 1.807) is 0 Å². The third-order valence-corrected chi connectivity index (χ3v) is 5.72. The molecule has 0 saturated carbocycles. The molecule has 2 atom stereocenters. The summed E-state index contributed by atoms with van der Waals surface area (Å²) in [6.07, 6.45) is -0.242. The van der Waals surface area contributed by atoms with Gasteiger partial charge in [-0.2, -0.15) is 0 Å². The molecule has 2 fully saturated rings. The summed E-state index contributed by atoms with van der Waals surface area (Å²) in [4.78, 5) is 16.5. The number of amides is 1. The first-order chi connectivity index (χ1) is 14.3. The molecule has 0 unspecified atom stereocenters. The number of likely N-dealkylation sites (tertiary alicyclic amines) is 1. The number of anilines is 1. The molecule has 1 amide bonds. The lowest BCUT2D eigenvalue weighted by molar-refractivity contribution is 0.103. The first-order valence-corrected chi connectivity index (χ1v) is 9.89. The molecule has 1 aromatic heterocycles. The Morgan fingerprint density at radius 2 is 1.66 bits per heavy atom. The van der Waals surface area contributed by atoms with Crippen LogP contribution in [0, 0.1) is 5.92 Å². The van der Waals surface area contributed by atoms with Gasteiger partial charge in [0.15, 0.2) is 5.82 Å². The number of hydrogen-bond acceptors (Lipinski definition) is 5. The van der Waals surface area contributed by atoms with Crippen LogP contribution in [0.5, 0.6) is 0 Å². The zero-order chi connectivity index (χ0) is 19.6. The van der Waals surface area contributed by atoms with Crippen LogP contribution < -0.4 is 4.90 Å². The van der Waals surface area contributed by atoms with E-state index in [0.717, 1.165) is 35.7 Å². The minimum atomic E-state index is -0.242. The normalized spacial score (nSPS) is 20.1. The smallest absolute Gasteiger partial charge is 0.410 e. The molecule has 0 N–H and O–H groups in total. The summed E-state index contributed by atoms with van der Waals surface area (Å²) in [5.74, 6) is 1.33. The summed E-state index contributed by atoms with van der Waals surface area (Å²) in [7, 11) is 0. The predicted octanol–water partition coefficient (Wildman–Crippen LogP) is 3.60. The molecule has 6 nitrogen and oxygen atoms in total. The molecule has 2 aromatic carbocycles. The van der Waals surface area contributed by atoms with E-state index in [-0.39, 0.29) is 12.1 Å². The van der Waals surface area contributed by atoms with Crippen molar-refractivity contribution in [2.75, 3.05) is 24.5 Å². The Morgan fingerprint density at radius 3 is 2.38 bits per heavy atom. The van der Waals surface area contributed by atoms with Crippen molar-refractivity contribution in [3.8, 4) is 11.3 Å². The van der Waals surface area contributed by atoms with Crippen molar-refractivity contribution >= 4 is 11.9 Å². The minimum absolute atomic E-state index is 0.242. The summed E-state index contributed by atoms with van der Waals surface area (Å²) in [6, 6.07) is 24.1. The minimum Gasteiger partial charge on any atom is -0.445 e. The Bertz CT molecular complexity index is 979. The van der Waals surface area contributed by atoms with Gasteiger partial charge in [-0.3, -0.25) is 0 Å². The number of carbonyl (C=O) groups excluding carboxylic acids is 1. The highest BCUT2D eigenvalue weighted by molar-refractivity contribution is 5.69.